The van der Waals surface area contributed by atoms with E-state index in [0.29, 0.717) is 0 Å². The second kappa shape index (κ2) is 9.00. The third-order valence-corrected chi connectivity index (χ3v) is 6.21. The van der Waals surface area contributed by atoms with Crippen LogP contribution in [0.25, 0.3) is 0 Å². The summed E-state index contributed by atoms with van der Waals surface area (Å²) in [6.45, 7) is 5.67. The summed E-state index contributed by atoms with van der Waals surface area (Å²) in [4.78, 5) is 2.48. The highest BCUT2D eigenvalue weighted by atomic mass is 32.2. The molecule has 1 N–H and O–H groups in total. The number of rotatable bonds is 9. The van der Waals surface area contributed by atoms with Gasteiger partial charge in [0.05, 0.1) is 5.75 Å². The molecule has 4 nitrogen and oxygen atoms in total. The fourth-order valence-corrected chi connectivity index (χ4v) is 4.05. The lowest BCUT2D eigenvalue weighted by Gasteiger charge is -2.31. The summed E-state index contributed by atoms with van der Waals surface area (Å²) in [5.74, 6) is 0.491. The molecule has 0 spiro atoms. The molecule has 1 aliphatic carbocycles. The predicted octanol–water partition coefficient (Wildman–Crippen LogP) is 2.05. The number of hydrogen-bond acceptors (Lipinski definition) is 4. The van der Waals surface area contributed by atoms with Gasteiger partial charge in [0.1, 0.15) is 0 Å². The molecule has 0 heterocycles. The Kier molecular flexibility index (Phi) is 8.07. The fourth-order valence-electron chi connectivity index (χ4n) is 2.94. The van der Waals surface area contributed by atoms with Gasteiger partial charge in [0, 0.05) is 17.8 Å². The normalized spacial score (nSPS) is 19.4. The summed E-state index contributed by atoms with van der Waals surface area (Å²) < 4.78 is 23.0. The first-order chi connectivity index (χ1) is 9.44. The van der Waals surface area contributed by atoms with Crippen molar-refractivity contribution < 1.29 is 8.42 Å². The van der Waals surface area contributed by atoms with E-state index in [1.807, 2.05) is 6.92 Å². The molecule has 1 fully saturated rings. The standard InChI is InChI=1S/C15H32N2O2S/c1-4-20(18,19)13-14(2)16-11-8-12-17(3)15-9-6-5-7-10-15/h14-16H,4-13H2,1-3H3. The predicted molar refractivity (Wildman–Crippen MR) is 85.9 cm³/mol. The summed E-state index contributed by atoms with van der Waals surface area (Å²) in [6.07, 6.45) is 7.92. The van der Waals surface area contributed by atoms with Crippen LogP contribution in [0.2, 0.25) is 0 Å². The second-order valence-electron chi connectivity index (χ2n) is 6.18. The molecule has 0 bridgehead atoms. The summed E-state index contributed by atoms with van der Waals surface area (Å²) in [6, 6.07) is 0.821. The van der Waals surface area contributed by atoms with E-state index in [0.717, 1.165) is 25.6 Å². The van der Waals surface area contributed by atoms with E-state index < -0.39 is 9.84 Å². The van der Waals surface area contributed by atoms with Crippen molar-refractivity contribution in [2.24, 2.45) is 0 Å². The van der Waals surface area contributed by atoms with Crippen LogP contribution in [0.1, 0.15) is 52.4 Å². The van der Waals surface area contributed by atoms with Crippen molar-refractivity contribution in [1.29, 1.82) is 0 Å². The zero-order valence-electron chi connectivity index (χ0n) is 13.4. The highest BCUT2D eigenvalue weighted by Crippen LogP contribution is 2.21. The lowest BCUT2D eigenvalue weighted by molar-refractivity contribution is 0.189. The Morgan fingerprint density at radius 2 is 1.90 bits per heavy atom. The smallest absolute Gasteiger partial charge is 0.151 e. The molecule has 5 heteroatoms. The maximum absolute atomic E-state index is 11.5. The van der Waals surface area contributed by atoms with Crippen LogP contribution in [0, 0.1) is 0 Å². The average molecular weight is 305 g/mol. The Morgan fingerprint density at radius 1 is 1.25 bits per heavy atom. The molecule has 0 radical (unpaired) electrons. The first-order valence-corrected chi connectivity index (χ1v) is 9.91. The zero-order valence-corrected chi connectivity index (χ0v) is 14.2. The molecular weight excluding hydrogens is 272 g/mol. The average Bonchev–Trinajstić information content (AvgIpc) is 2.44. The third-order valence-electron chi connectivity index (χ3n) is 4.32. The molecule has 0 aromatic rings. The molecule has 0 saturated heterocycles. The highest BCUT2D eigenvalue weighted by molar-refractivity contribution is 7.91. The molecule has 1 atom stereocenters. The minimum Gasteiger partial charge on any atom is -0.313 e. The van der Waals surface area contributed by atoms with E-state index in [2.05, 4.69) is 17.3 Å². The molecule has 0 aromatic carbocycles. The van der Waals surface area contributed by atoms with E-state index >= 15 is 0 Å². The van der Waals surface area contributed by atoms with Crippen LogP contribution in [0.3, 0.4) is 0 Å². The summed E-state index contributed by atoms with van der Waals surface area (Å²) in [5.41, 5.74) is 0. The van der Waals surface area contributed by atoms with Gasteiger partial charge in [-0.2, -0.15) is 0 Å². The van der Waals surface area contributed by atoms with Crippen LogP contribution in [-0.4, -0.2) is 57.0 Å². The minimum atomic E-state index is -2.86. The van der Waals surface area contributed by atoms with Gasteiger partial charge in [-0.1, -0.05) is 26.2 Å². The summed E-state index contributed by atoms with van der Waals surface area (Å²) in [5, 5.41) is 3.33. The van der Waals surface area contributed by atoms with Gasteiger partial charge in [0.25, 0.3) is 0 Å². The molecule has 120 valence electrons. The Labute approximate surface area is 125 Å². The molecular formula is C15H32N2O2S. The van der Waals surface area contributed by atoms with Crippen LogP contribution in [-0.2, 0) is 9.84 Å². The number of sulfone groups is 1. The van der Waals surface area contributed by atoms with Gasteiger partial charge in [-0.25, -0.2) is 8.42 Å². The Balaban J connectivity index is 2.11. The number of nitrogens with one attached hydrogen (secondary N) is 1. The zero-order chi connectivity index (χ0) is 15.0. The Morgan fingerprint density at radius 3 is 2.50 bits per heavy atom. The lowest BCUT2D eigenvalue weighted by atomic mass is 9.94. The van der Waals surface area contributed by atoms with E-state index in [1.165, 1.54) is 32.1 Å². The number of nitrogens with zero attached hydrogens (tertiary/aromatic N) is 1. The maximum Gasteiger partial charge on any atom is 0.151 e. The van der Waals surface area contributed by atoms with Crippen molar-refractivity contribution >= 4 is 9.84 Å². The van der Waals surface area contributed by atoms with E-state index in [1.54, 1.807) is 6.92 Å². The summed E-state index contributed by atoms with van der Waals surface area (Å²) in [7, 11) is -0.639. The summed E-state index contributed by atoms with van der Waals surface area (Å²) >= 11 is 0. The van der Waals surface area contributed by atoms with Gasteiger partial charge in [-0.15, -0.1) is 0 Å². The van der Waals surface area contributed by atoms with Crippen LogP contribution < -0.4 is 5.32 Å². The van der Waals surface area contributed by atoms with Crippen LogP contribution >= 0.6 is 0 Å². The molecule has 0 aromatic heterocycles. The minimum absolute atomic E-state index is 0.0555. The van der Waals surface area contributed by atoms with Gasteiger partial charge in [-0.05, 0) is 46.3 Å². The van der Waals surface area contributed by atoms with E-state index in [-0.39, 0.29) is 17.5 Å². The quantitative estimate of drug-likeness (QED) is 0.662. The SMILES string of the molecule is CCS(=O)(=O)CC(C)NCCCN(C)C1CCCCC1. The Hall–Kier alpha value is -0.130. The first kappa shape index (κ1) is 17.9. The molecule has 0 amide bonds. The molecule has 1 aliphatic rings. The van der Waals surface area contributed by atoms with E-state index in [9.17, 15) is 8.42 Å². The molecule has 1 unspecified atom stereocenters. The largest absolute Gasteiger partial charge is 0.313 e. The van der Waals surface area contributed by atoms with Gasteiger partial charge in [-0.3, -0.25) is 0 Å². The van der Waals surface area contributed by atoms with Crippen molar-refractivity contribution in [2.45, 2.75) is 64.5 Å². The lowest BCUT2D eigenvalue weighted by Crippen LogP contribution is -2.37. The highest BCUT2D eigenvalue weighted by Gasteiger charge is 2.17. The Bertz CT molecular complexity index is 351. The van der Waals surface area contributed by atoms with Gasteiger partial charge < -0.3 is 10.2 Å². The van der Waals surface area contributed by atoms with Crippen molar-refractivity contribution in [2.75, 3.05) is 31.6 Å². The van der Waals surface area contributed by atoms with Gasteiger partial charge in [0.15, 0.2) is 9.84 Å². The van der Waals surface area contributed by atoms with E-state index in [4.69, 9.17) is 0 Å². The third kappa shape index (κ3) is 7.04. The van der Waals surface area contributed by atoms with Crippen LogP contribution in [0.4, 0.5) is 0 Å². The first-order valence-electron chi connectivity index (χ1n) is 8.08. The topological polar surface area (TPSA) is 49.4 Å². The molecule has 20 heavy (non-hydrogen) atoms. The van der Waals surface area contributed by atoms with Crippen LogP contribution in [0.5, 0.6) is 0 Å². The molecule has 0 aliphatic heterocycles. The van der Waals surface area contributed by atoms with Crippen molar-refractivity contribution in [3.05, 3.63) is 0 Å². The van der Waals surface area contributed by atoms with Gasteiger partial charge >= 0.3 is 0 Å². The second-order valence-corrected chi connectivity index (χ2v) is 8.58. The fraction of sp³-hybridized carbons (Fsp3) is 1.00. The van der Waals surface area contributed by atoms with Gasteiger partial charge in [0.2, 0.25) is 0 Å². The number of hydrogen-bond donors (Lipinski definition) is 1. The maximum atomic E-state index is 11.5. The molecule has 1 saturated carbocycles. The van der Waals surface area contributed by atoms with Crippen molar-refractivity contribution in [1.82, 2.24) is 10.2 Å². The van der Waals surface area contributed by atoms with Crippen molar-refractivity contribution in [3.63, 3.8) is 0 Å². The monoisotopic (exact) mass is 304 g/mol. The van der Waals surface area contributed by atoms with Crippen molar-refractivity contribution in [3.8, 4) is 0 Å². The van der Waals surface area contributed by atoms with Crippen LogP contribution in [0.15, 0.2) is 0 Å². The molecule has 1 rings (SSSR count).